The van der Waals surface area contributed by atoms with Gasteiger partial charge < -0.3 is 19.4 Å². The number of thiazole rings is 1. The first-order chi connectivity index (χ1) is 12.3. The number of rotatable bonds is 4. The van der Waals surface area contributed by atoms with Crippen molar-refractivity contribution < 1.29 is 13.9 Å². The highest BCUT2D eigenvalue weighted by molar-refractivity contribution is 7.22. The highest BCUT2D eigenvalue weighted by Crippen LogP contribution is 2.31. The third-order valence-electron chi connectivity index (χ3n) is 3.87. The Labute approximate surface area is 148 Å². The molecule has 1 amide bonds. The van der Waals surface area contributed by atoms with Crippen molar-refractivity contribution in [3.8, 4) is 0 Å². The molecule has 0 bridgehead atoms. The molecule has 0 spiro atoms. The minimum absolute atomic E-state index is 0.200. The molecule has 128 valence electrons. The maximum atomic E-state index is 12.0. The fraction of sp³-hybridized carbons (Fsp3) is 0.222. The summed E-state index contributed by atoms with van der Waals surface area (Å²) in [5, 5.41) is 3.86. The van der Waals surface area contributed by atoms with E-state index in [-0.39, 0.29) is 5.91 Å². The number of nitrogens with zero attached hydrogens (tertiary/aromatic N) is 2. The van der Waals surface area contributed by atoms with E-state index < -0.39 is 0 Å². The summed E-state index contributed by atoms with van der Waals surface area (Å²) >= 11 is 1.63. The van der Waals surface area contributed by atoms with Crippen LogP contribution in [0.2, 0.25) is 0 Å². The van der Waals surface area contributed by atoms with Gasteiger partial charge >= 0.3 is 0 Å². The molecule has 1 aromatic carbocycles. The third kappa shape index (κ3) is 3.72. The van der Waals surface area contributed by atoms with E-state index in [4.69, 9.17) is 9.15 Å². The summed E-state index contributed by atoms with van der Waals surface area (Å²) in [5.74, 6) is 0.442. The second-order valence-electron chi connectivity index (χ2n) is 5.62. The van der Waals surface area contributed by atoms with Crippen LogP contribution < -0.4 is 10.2 Å². The van der Waals surface area contributed by atoms with Crippen LogP contribution in [0.5, 0.6) is 0 Å². The van der Waals surface area contributed by atoms with Crippen LogP contribution >= 0.6 is 11.3 Å². The van der Waals surface area contributed by atoms with Crippen molar-refractivity contribution in [2.75, 3.05) is 36.5 Å². The lowest BCUT2D eigenvalue weighted by Gasteiger charge is -2.25. The van der Waals surface area contributed by atoms with Crippen LogP contribution in [0, 0.1) is 0 Å². The highest BCUT2D eigenvalue weighted by atomic mass is 32.1. The molecule has 1 N–H and O–H groups in total. The fourth-order valence-electron chi connectivity index (χ4n) is 2.61. The van der Waals surface area contributed by atoms with Crippen LogP contribution in [-0.2, 0) is 9.53 Å². The quantitative estimate of drug-likeness (QED) is 0.727. The van der Waals surface area contributed by atoms with Crippen LogP contribution in [0.25, 0.3) is 16.3 Å². The molecule has 1 saturated heterocycles. The van der Waals surface area contributed by atoms with Gasteiger partial charge in [-0.3, -0.25) is 4.79 Å². The summed E-state index contributed by atoms with van der Waals surface area (Å²) in [6.45, 7) is 3.19. The van der Waals surface area contributed by atoms with Gasteiger partial charge in [0.2, 0.25) is 5.91 Å². The van der Waals surface area contributed by atoms with Gasteiger partial charge in [0.05, 0.1) is 29.7 Å². The SMILES string of the molecule is O=C(/C=C/c1ccco1)Nc1ccc2nc(N3CCOCC3)sc2c1. The van der Waals surface area contributed by atoms with Crippen molar-refractivity contribution in [3.63, 3.8) is 0 Å². The number of furan rings is 1. The Balaban J connectivity index is 1.47. The third-order valence-corrected chi connectivity index (χ3v) is 4.95. The average molecular weight is 355 g/mol. The second-order valence-corrected chi connectivity index (χ2v) is 6.63. The summed E-state index contributed by atoms with van der Waals surface area (Å²) in [4.78, 5) is 18.9. The number of fused-ring (bicyclic) bond motifs is 1. The zero-order valence-corrected chi connectivity index (χ0v) is 14.3. The predicted octanol–water partition coefficient (Wildman–Crippen LogP) is 3.38. The summed E-state index contributed by atoms with van der Waals surface area (Å²) < 4.78 is 11.6. The first kappa shape index (κ1) is 15.9. The van der Waals surface area contributed by atoms with Crippen molar-refractivity contribution in [3.05, 3.63) is 48.4 Å². The number of hydrogen-bond acceptors (Lipinski definition) is 6. The van der Waals surface area contributed by atoms with Gasteiger partial charge in [-0.25, -0.2) is 4.98 Å². The molecule has 0 atom stereocenters. The van der Waals surface area contributed by atoms with E-state index in [1.165, 1.54) is 6.08 Å². The van der Waals surface area contributed by atoms with E-state index in [0.717, 1.165) is 47.3 Å². The van der Waals surface area contributed by atoms with Gasteiger partial charge in [-0.05, 0) is 36.4 Å². The normalized spacial score (nSPS) is 15.1. The second kappa shape index (κ2) is 7.08. The highest BCUT2D eigenvalue weighted by Gasteiger charge is 2.15. The summed E-state index contributed by atoms with van der Waals surface area (Å²) in [7, 11) is 0. The number of anilines is 2. The molecule has 3 heterocycles. The zero-order chi connectivity index (χ0) is 17.1. The predicted molar refractivity (Wildman–Crippen MR) is 99.0 cm³/mol. The Morgan fingerprint density at radius 3 is 2.96 bits per heavy atom. The Morgan fingerprint density at radius 1 is 1.28 bits per heavy atom. The molecule has 25 heavy (non-hydrogen) atoms. The van der Waals surface area contributed by atoms with E-state index in [0.29, 0.717) is 5.76 Å². The number of aromatic nitrogens is 1. The monoisotopic (exact) mass is 355 g/mol. The number of carbonyl (C=O) groups is 1. The number of hydrogen-bond donors (Lipinski definition) is 1. The lowest BCUT2D eigenvalue weighted by molar-refractivity contribution is -0.111. The first-order valence-electron chi connectivity index (χ1n) is 8.04. The van der Waals surface area contributed by atoms with E-state index >= 15 is 0 Å². The number of carbonyl (C=O) groups excluding carboxylic acids is 1. The summed E-state index contributed by atoms with van der Waals surface area (Å²) in [6, 6.07) is 9.32. The largest absolute Gasteiger partial charge is 0.465 e. The van der Waals surface area contributed by atoms with Crippen LogP contribution in [-0.4, -0.2) is 37.2 Å². The van der Waals surface area contributed by atoms with E-state index in [1.807, 2.05) is 18.2 Å². The Hall–Kier alpha value is -2.64. The number of nitrogens with one attached hydrogen (secondary N) is 1. The Bertz CT molecular complexity index is 896. The number of amides is 1. The Kier molecular flexibility index (Phi) is 4.49. The number of morpholine rings is 1. The van der Waals surface area contributed by atoms with E-state index in [2.05, 4.69) is 15.2 Å². The minimum Gasteiger partial charge on any atom is -0.465 e. The van der Waals surface area contributed by atoms with Crippen molar-refractivity contribution in [1.82, 2.24) is 4.98 Å². The molecule has 0 unspecified atom stereocenters. The van der Waals surface area contributed by atoms with Gasteiger partial charge in [-0.1, -0.05) is 11.3 Å². The molecule has 6 nitrogen and oxygen atoms in total. The van der Waals surface area contributed by atoms with Gasteiger partial charge in [-0.2, -0.15) is 0 Å². The van der Waals surface area contributed by atoms with Crippen LogP contribution in [0.3, 0.4) is 0 Å². The zero-order valence-electron chi connectivity index (χ0n) is 13.5. The fourth-order valence-corrected chi connectivity index (χ4v) is 3.66. The standard InChI is InChI=1S/C18H17N3O3S/c22-17(6-4-14-2-1-9-24-14)19-13-3-5-15-16(12-13)25-18(20-15)21-7-10-23-11-8-21/h1-6,9,12H,7-8,10-11H2,(H,19,22)/b6-4+. The van der Waals surface area contributed by atoms with E-state index in [1.54, 1.807) is 35.8 Å². The van der Waals surface area contributed by atoms with Gasteiger partial charge in [0.25, 0.3) is 0 Å². The molecule has 7 heteroatoms. The number of ether oxygens (including phenoxy) is 1. The van der Waals surface area contributed by atoms with Crippen molar-refractivity contribution in [1.29, 1.82) is 0 Å². The maximum Gasteiger partial charge on any atom is 0.248 e. The lowest BCUT2D eigenvalue weighted by Crippen LogP contribution is -2.36. The molecule has 0 saturated carbocycles. The molecular weight excluding hydrogens is 338 g/mol. The molecule has 1 aliphatic rings. The molecule has 0 radical (unpaired) electrons. The van der Waals surface area contributed by atoms with Crippen LogP contribution in [0.4, 0.5) is 10.8 Å². The van der Waals surface area contributed by atoms with Gasteiger partial charge in [0, 0.05) is 24.9 Å². The van der Waals surface area contributed by atoms with Gasteiger partial charge in [0.1, 0.15) is 5.76 Å². The van der Waals surface area contributed by atoms with Crippen LogP contribution in [0.1, 0.15) is 5.76 Å². The molecule has 1 aliphatic heterocycles. The summed E-state index contributed by atoms with van der Waals surface area (Å²) in [6.07, 6.45) is 4.66. The average Bonchev–Trinajstić information content (AvgIpc) is 3.30. The molecule has 1 fully saturated rings. The number of benzene rings is 1. The van der Waals surface area contributed by atoms with E-state index in [9.17, 15) is 4.79 Å². The minimum atomic E-state index is -0.200. The Morgan fingerprint density at radius 2 is 2.16 bits per heavy atom. The van der Waals surface area contributed by atoms with Crippen molar-refractivity contribution in [2.24, 2.45) is 0 Å². The smallest absolute Gasteiger partial charge is 0.248 e. The van der Waals surface area contributed by atoms with Crippen molar-refractivity contribution >= 4 is 44.4 Å². The molecule has 0 aliphatic carbocycles. The molecule has 2 aromatic heterocycles. The van der Waals surface area contributed by atoms with Gasteiger partial charge in [-0.15, -0.1) is 0 Å². The van der Waals surface area contributed by atoms with Gasteiger partial charge in [0.15, 0.2) is 5.13 Å². The first-order valence-corrected chi connectivity index (χ1v) is 8.85. The lowest BCUT2D eigenvalue weighted by atomic mass is 10.3. The maximum absolute atomic E-state index is 12.0. The molecule has 4 rings (SSSR count). The van der Waals surface area contributed by atoms with Crippen LogP contribution in [0.15, 0.2) is 47.1 Å². The molecular formula is C18H17N3O3S. The summed E-state index contributed by atoms with van der Waals surface area (Å²) in [5.41, 5.74) is 1.69. The van der Waals surface area contributed by atoms with Crippen molar-refractivity contribution in [2.45, 2.75) is 0 Å². The molecule has 3 aromatic rings. The topological polar surface area (TPSA) is 67.6 Å².